The van der Waals surface area contributed by atoms with Crippen LogP contribution in [0.1, 0.15) is 69.7 Å². The summed E-state index contributed by atoms with van der Waals surface area (Å²) in [5, 5.41) is 1.85. The maximum absolute atomic E-state index is 13.5. The van der Waals surface area contributed by atoms with Crippen LogP contribution >= 0.6 is 0 Å². The monoisotopic (exact) mass is 622 g/mol. The Hall–Kier alpha value is -3.03. The Morgan fingerprint density at radius 1 is 0.929 bits per heavy atom. The molecule has 2 aromatic rings. The Bertz CT molecular complexity index is 1630. The fraction of sp³-hybridized carbons (Fsp3) is 0.483. The third-order valence-electron chi connectivity index (χ3n) is 8.12. The van der Waals surface area contributed by atoms with Crippen LogP contribution in [0.4, 0.5) is 25.8 Å². The number of allylic oxidation sites excluding steroid dienone is 1. The number of sulfonamides is 2. The number of benzene rings is 2. The van der Waals surface area contributed by atoms with Crippen LogP contribution in [0.15, 0.2) is 59.0 Å². The molecule has 0 bridgehead atoms. The first-order chi connectivity index (χ1) is 19.6. The quantitative estimate of drug-likeness (QED) is 0.360. The molecule has 0 atom stereocenters. The topological polar surface area (TPSA) is 125 Å². The van der Waals surface area contributed by atoms with E-state index in [1.54, 1.807) is 39.0 Å². The first-order valence-corrected chi connectivity index (χ1v) is 17.0. The zero-order valence-corrected chi connectivity index (χ0v) is 25.5. The van der Waals surface area contributed by atoms with Crippen molar-refractivity contribution in [2.45, 2.75) is 75.0 Å². The van der Waals surface area contributed by atoms with Gasteiger partial charge < -0.3 is 10.2 Å². The number of nitrogens with zero attached hydrogens (tertiary/aromatic N) is 1. The zero-order valence-electron chi connectivity index (χ0n) is 23.8. The molecule has 228 valence electrons. The molecule has 1 aliphatic heterocycles. The first-order valence-electron chi connectivity index (χ1n) is 14.0. The fourth-order valence-electron chi connectivity index (χ4n) is 5.46. The Labute approximate surface area is 245 Å². The van der Waals surface area contributed by atoms with Gasteiger partial charge >= 0.3 is 0 Å². The predicted octanol–water partition coefficient (Wildman–Crippen LogP) is 5.45. The van der Waals surface area contributed by atoms with Gasteiger partial charge in [-0.1, -0.05) is 6.07 Å². The average Bonchev–Trinajstić information content (AvgIpc) is 3.60. The van der Waals surface area contributed by atoms with E-state index >= 15 is 0 Å². The summed E-state index contributed by atoms with van der Waals surface area (Å²) >= 11 is 0. The molecule has 13 heteroatoms. The smallest absolute Gasteiger partial charge is 0.269 e. The van der Waals surface area contributed by atoms with Crippen LogP contribution in [-0.2, 0) is 20.0 Å². The number of hydrogen-bond donors (Lipinski definition) is 3. The number of halogens is 2. The van der Waals surface area contributed by atoms with Crippen molar-refractivity contribution in [1.29, 1.82) is 0 Å². The Balaban J connectivity index is 1.39. The van der Waals surface area contributed by atoms with E-state index in [2.05, 4.69) is 19.7 Å². The molecule has 2 aromatic carbocycles. The molecule has 1 spiro atoms. The summed E-state index contributed by atoms with van der Waals surface area (Å²) < 4.78 is 82.1. The van der Waals surface area contributed by atoms with E-state index in [1.807, 2.05) is 0 Å². The van der Waals surface area contributed by atoms with Gasteiger partial charge in [0.25, 0.3) is 12.0 Å². The van der Waals surface area contributed by atoms with E-state index in [9.17, 15) is 30.4 Å². The molecule has 3 fully saturated rings. The van der Waals surface area contributed by atoms with Crippen LogP contribution in [0.5, 0.6) is 0 Å². The van der Waals surface area contributed by atoms with Crippen LogP contribution in [-0.4, -0.2) is 46.6 Å². The number of carbonyl (C=O) groups excluding carboxylic acids is 1. The molecule has 3 N–H and O–H groups in total. The number of piperidine rings is 1. The van der Waals surface area contributed by atoms with Crippen molar-refractivity contribution < 1.29 is 30.4 Å². The maximum atomic E-state index is 13.5. The highest BCUT2D eigenvalue weighted by atomic mass is 32.2. The highest BCUT2D eigenvalue weighted by Crippen LogP contribution is 2.54. The second-order valence-electron chi connectivity index (χ2n) is 12.6. The van der Waals surface area contributed by atoms with E-state index in [0.29, 0.717) is 29.8 Å². The van der Waals surface area contributed by atoms with Crippen LogP contribution < -0.4 is 19.7 Å². The summed E-state index contributed by atoms with van der Waals surface area (Å²) in [4.78, 5) is 15.6. The summed E-state index contributed by atoms with van der Waals surface area (Å²) in [5.74, 6) is -0.475. The number of carbonyl (C=O) groups is 1. The molecule has 1 heterocycles. The maximum Gasteiger partial charge on any atom is 0.269 e. The van der Waals surface area contributed by atoms with Gasteiger partial charge in [-0.3, -0.25) is 9.52 Å². The van der Waals surface area contributed by atoms with Crippen LogP contribution in [0.25, 0.3) is 0 Å². The number of hydrogen-bond acceptors (Lipinski definition) is 6. The van der Waals surface area contributed by atoms with Gasteiger partial charge in [0.2, 0.25) is 20.0 Å². The summed E-state index contributed by atoms with van der Waals surface area (Å²) in [6, 6.07) is 10.6. The molecule has 42 heavy (non-hydrogen) atoms. The van der Waals surface area contributed by atoms with Crippen molar-refractivity contribution in [1.82, 2.24) is 4.72 Å². The van der Waals surface area contributed by atoms with Gasteiger partial charge in [0.15, 0.2) is 0 Å². The van der Waals surface area contributed by atoms with Gasteiger partial charge in [-0.2, -0.15) is 8.78 Å². The molecule has 1 amide bonds. The molecule has 0 aromatic heterocycles. The van der Waals surface area contributed by atoms with Crippen LogP contribution in [0.3, 0.4) is 0 Å². The van der Waals surface area contributed by atoms with Crippen LogP contribution in [0.2, 0.25) is 0 Å². The Morgan fingerprint density at radius 2 is 1.60 bits per heavy atom. The zero-order chi connectivity index (χ0) is 30.5. The van der Waals surface area contributed by atoms with Crippen molar-refractivity contribution in [3.8, 4) is 0 Å². The van der Waals surface area contributed by atoms with Gasteiger partial charge in [-0.15, -0.1) is 0 Å². The Morgan fingerprint density at radius 3 is 2.19 bits per heavy atom. The van der Waals surface area contributed by atoms with Crippen LogP contribution in [0, 0.1) is 5.41 Å². The lowest BCUT2D eigenvalue weighted by atomic mass is 9.93. The standard InChI is InChI=1S/C29H36F2N4O5S2/c1-28(2,3)34-42(39,40)22-6-4-5-20(17-22)32-27(36)24-8-7-21(33-41(37,38)23-15-19(16-23)26(30)31)18-25(24)35-13-11-29(9-10-29)12-14-35/h4-8,17-18,23,33-34H,9-16H2,1-3H3,(H,32,36). The summed E-state index contributed by atoms with van der Waals surface area (Å²) in [7, 11) is -7.74. The van der Waals surface area contributed by atoms with E-state index < -0.39 is 42.8 Å². The SMILES string of the molecule is CC(C)(C)NS(=O)(=O)c1cccc(NC(=O)c2ccc(NS(=O)(=O)C3CC(=C(F)F)C3)cc2N2CCC3(CC2)CC3)c1. The number of anilines is 3. The number of rotatable bonds is 8. The van der Waals surface area contributed by atoms with Crippen molar-refractivity contribution in [2.24, 2.45) is 5.41 Å². The molecular formula is C29H36F2N4O5S2. The minimum absolute atomic E-state index is 0.00704. The Kier molecular flexibility index (Phi) is 7.90. The molecule has 0 radical (unpaired) electrons. The fourth-order valence-corrected chi connectivity index (χ4v) is 8.39. The molecule has 5 rings (SSSR count). The van der Waals surface area contributed by atoms with Crippen molar-refractivity contribution >= 4 is 43.0 Å². The number of nitrogens with one attached hydrogen (secondary N) is 3. The highest BCUT2D eigenvalue weighted by Gasteiger charge is 2.45. The summed E-state index contributed by atoms with van der Waals surface area (Å²) in [6.07, 6.45) is 2.07. The molecule has 3 aliphatic rings. The lowest BCUT2D eigenvalue weighted by molar-refractivity contribution is 0.102. The first kappa shape index (κ1) is 30.4. The van der Waals surface area contributed by atoms with Gasteiger partial charge in [-0.05, 0) is 107 Å². The van der Waals surface area contributed by atoms with E-state index in [0.717, 1.165) is 12.8 Å². The number of amides is 1. The normalized spacial score (nSPS) is 20.2. The molecule has 0 unspecified atom stereocenters. The third kappa shape index (κ3) is 6.78. The third-order valence-corrected chi connectivity index (χ3v) is 11.6. The summed E-state index contributed by atoms with van der Waals surface area (Å²) in [5.41, 5.74) is 0.914. The van der Waals surface area contributed by atoms with E-state index in [1.165, 1.54) is 37.1 Å². The predicted molar refractivity (Wildman–Crippen MR) is 159 cm³/mol. The molecule has 2 saturated carbocycles. The molecule has 9 nitrogen and oxygen atoms in total. The molecule has 2 aliphatic carbocycles. The van der Waals surface area contributed by atoms with Gasteiger partial charge in [-0.25, -0.2) is 21.6 Å². The second-order valence-corrected chi connectivity index (χ2v) is 16.2. The second kappa shape index (κ2) is 10.9. The lowest BCUT2D eigenvalue weighted by Gasteiger charge is -2.35. The van der Waals surface area contributed by atoms with E-state index in [-0.39, 0.29) is 34.7 Å². The van der Waals surface area contributed by atoms with Crippen molar-refractivity contribution in [3.63, 3.8) is 0 Å². The van der Waals surface area contributed by atoms with Gasteiger partial charge in [0.05, 0.1) is 27.1 Å². The lowest BCUT2D eigenvalue weighted by Crippen LogP contribution is -2.40. The van der Waals surface area contributed by atoms with Gasteiger partial charge in [0, 0.05) is 24.3 Å². The van der Waals surface area contributed by atoms with Gasteiger partial charge in [0.1, 0.15) is 0 Å². The molecule has 1 saturated heterocycles. The average molecular weight is 623 g/mol. The highest BCUT2D eigenvalue weighted by molar-refractivity contribution is 7.93. The van der Waals surface area contributed by atoms with Crippen molar-refractivity contribution in [2.75, 3.05) is 28.0 Å². The molecular weight excluding hydrogens is 586 g/mol. The largest absolute Gasteiger partial charge is 0.371 e. The summed E-state index contributed by atoms with van der Waals surface area (Å²) in [6.45, 7) is 6.61. The minimum Gasteiger partial charge on any atom is -0.371 e. The minimum atomic E-state index is -3.91. The van der Waals surface area contributed by atoms with E-state index in [4.69, 9.17) is 0 Å². The van der Waals surface area contributed by atoms with Crippen molar-refractivity contribution in [3.05, 3.63) is 59.7 Å².